The number of hydrogen-bond acceptors (Lipinski definition) is 4. The quantitative estimate of drug-likeness (QED) is 0.833. The zero-order chi connectivity index (χ0) is 19.0. The van der Waals surface area contributed by atoms with Crippen molar-refractivity contribution in [2.75, 3.05) is 18.0 Å². The smallest absolute Gasteiger partial charge is 0.351 e. The number of benzene rings is 1. The second kappa shape index (κ2) is 7.14. The van der Waals surface area contributed by atoms with Crippen LogP contribution in [0.4, 0.5) is 18.3 Å². The summed E-state index contributed by atoms with van der Waals surface area (Å²) in [6, 6.07) is 8.13. The topological polar surface area (TPSA) is 45.2 Å². The third-order valence-corrected chi connectivity index (χ3v) is 5.90. The maximum Gasteiger partial charge on any atom is 0.434 e. The molecule has 1 aromatic carbocycles. The van der Waals surface area contributed by atoms with Crippen molar-refractivity contribution >= 4 is 22.4 Å². The van der Waals surface area contributed by atoms with Crippen molar-refractivity contribution in [1.29, 1.82) is 0 Å². The molecule has 1 N–H and O–H groups in total. The number of halogens is 3. The number of thiazole rings is 1. The van der Waals surface area contributed by atoms with Crippen LogP contribution in [0.3, 0.4) is 0 Å². The Hall–Kier alpha value is -2.09. The molecule has 1 amide bonds. The molecule has 1 atom stereocenters. The van der Waals surface area contributed by atoms with Crippen molar-refractivity contribution in [1.82, 2.24) is 10.3 Å². The van der Waals surface area contributed by atoms with Gasteiger partial charge in [-0.2, -0.15) is 13.2 Å². The van der Waals surface area contributed by atoms with E-state index in [0.29, 0.717) is 37.0 Å². The van der Waals surface area contributed by atoms with Crippen LogP contribution in [0.2, 0.25) is 0 Å². The maximum absolute atomic E-state index is 12.7. The van der Waals surface area contributed by atoms with Crippen molar-refractivity contribution in [3.05, 3.63) is 46.5 Å². The molecule has 8 heteroatoms. The molecular weight excluding hydrogens is 375 g/mol. The molecule has 2 heterocycles. The standard InChI is InChI=1S/C19H20F3N3OS/c20-19(21,22)16-11-27-18(24-16)25-8-7-15(10-25)23-17(26)9-12-1-3-13(4-2-12)14-5-6-14/h1-4,11,14-15H,5-10H2,(H,23,26)/t15-/m1/s1. The Labute approximate surface area is 159 Å². The minimum atomic E-state index is -4.42. The molecule has 4 nitrogen and oxygen atoms in total. The van der Waals surface area contributed by atoms with Crippen molar-refractivity contribution in [3.8, 4) is 0 Å². The van der Waals surface area contributed by atoms with Gasteiger partial charge in [0.15, 0.2) is 10.8 Å². The number of nitrogens with zero attached hydrogens (tertiary/aromatic N) is 2. The molecule has 4 rings (SSSR count). The Morgan fingerprint density at radius 2 is 1.96 bits per heavy atom. The second-order valence-corrected chi connectivity index (χ2v) is 8.04. The summed E-state index contributed by atoms with van der Waals surface area (Å²) in [5.41, 5.74) is 1.46. The second-order valence-electron chi connectivity index (χ2n) is 7.20. The van der Waals surface area contributed by atoms with E-state index < -0.39 is 11.9 Å². The normalized spacial score (nSPS) is 20.1. The molecule has 2 fully saturated rings. The van der Waals surface area contributed by atoms with E-state index >= 15 is 0 Å². The summed E-state index contributed by atoms with van der Waals surface area (Å²) in [6.07, 6.45) is -0.898. The van der Waals surface area contributed by atoms with E-state index in [4.69, 9.17) is 0 Å². The number of carbonyl (C=O) groups is 1. The lowest BCUT2D eigenvalue weighted by Gasteiger charge is -2.16. The Morgan fingerprint density at radius 1 is 1.22 bits per heavy atom. The molecule has 144 valence electrons. The SMILES string of the molecule is O=C(Cc1ccc(C2CC2)cc1)N[C@@H]1CCN(c2nc(C(F)(F)F)cs2)C1. The molecule has 1 saturated carbocycles. The van der Waals surface area contributed by atoms with Gasteiger partial charge in [0.2, 0.25) is 5.91 Å². The van der Waals surface area contributed by atoms with Crippen LogP contribution in [0.5, 0.6) is 0 Å². The average Bonchev–Trinajstić information content (AvgIpc) is 3.14. The van der Waals surface area contributed by atoms with Gasteiger partial charge >= 0.3 is 6.18 Å². The monoisotopic (exact) mass is 395 g/mol. The summed E-state index contributed by atoms with van der Waals surface area (Å²) in [5, 5.41) is 4.38. The minimum Gasteiger partial charge on any atom is -0.351 e. The predicted octanol–water partition coefficient (Wildman–Crippen LogP) is 3.98. The van der Waals surface area contributed by atoms with Crippen molar-refractivity contribution < 1.29 is 18.0 Å². The van der Waals surface area contributed by atoms with E-state index in [1.807, 2.05) is 12.1 Å². The molecule has 0 bridgehead atoms. The maximum atomic E-state index is 12.7. The van der Waals surface area contributed by atoms with Crippen LogP contribution < -0.4 is 10.2 Å². The van der Waals surface area contributed by atoms with Gasteiger partial charge in [-0.05, 0) is 36.3 Å². The third-order valence-electron chi connectivity index (χ3n) is 5.00. The fourth-order valence-electron chi connectivity index (χ4n) is 3.38. The van der Waals surface area contributed by atoms with Gasteiger partial charge in [-0.15, -0.1) is 11.3 Å². The Balaban J connectivity index is 1.28. The largest absolute Gasteiger partial charge is 0.434 e. The summed E-state index contributed by atoms with van der Waals surface area (Å²) in [4.78, 5) is 17.8. The molecule has 0 radical (unpaired) electrons. The van der Waals surface area contributed by atoms with Gasteiger partial charge in [0.1, 0.15) is 0 Å². The summed E-state index contributed by atoms with van der Waals surface area (Å²) in [5.74, 6) is 0.636. The predicted molar refractivity (Wildman–Crippen MR) is 98.0 cm³/mol. The summed E-state index contributed by atoms with van der Waals surface area (Å²) in [7, 11) is 0. The van der Waals surface area contributed by atoms with Crippen molar-refractivity contribution in [3.63, 3.8) is 0 Å². The summed E-state index contributed by atoms with van der Waals surface area (Å²) >= 11 is 0.988. The molecule has 1 aliphatic heterocycles. The summed E-state index contributed by atoms with van der Waals surface area (Å²) in [6.45, 7) is 1.07. The van der Waals surface area contributed by atoms with Crippen LogP contribution in [0.1, 0.15) is 42.0 Å². The number of rotatable bonds is 5. The fraction of sp³-hybridized carbons (Fsp3) is 0.474. The highest BCUT2D eigenvalue weighted by atomic mass is 32.1. The lowest BCUT2D eigenvalue weighted by molar-refractivity contribution is -0.140. The molecule has 1 saturated heterocycles. The number of hydrogen-bond donors (Lipinski definition) is 1. The van der Waals surface area contributed by atoms with E-state index in [2.05, 4.69) is 22.4 Å². The molecule has 0 spiro atoms. The zero-order valence-corrected chi connectivity index (χ0v) is 15.4. The molecule has 27 heavy (non-hydrogen) atoms. The highest BCUT2D eigenvalue weighted by molar-refractivity contribution is 7.13. The first-order valence-corrected chi connectivity index (χ1v) is 9.92. The number of anilines is 1. The molecular formula is C19H20F3N3OS. The number of alkyl halides is 3. The van der Waals surface area contributed by atoms with Gasteiger partial charge in [0.25, 0.3) is 0 Å². The summed E-state index contributed by atoms with van der Waals surface area (Å²) < 4.78 is 38.1. The lowest BCUT2D eigenvalue weighted by Crippen LogP contribution is -2.38. The molecule has 0 unspecified atom stereocenters. The van der Waals surface area contributed by atoms with Gasteiger partial charge in [-0.3, -0.25) is 4.79 Å². The van der Waals surface area contributed by atoms with Crippen LogP contribution in [-0.2, 0) is 17.4 Å². The lowest BCUT2D eigenvalue weighted by atomic mass is 10.1. The fourth-order valence-corrected chi connectivity index (χ4v) is 4.25. The molecule has 1 aromatic heterocycles. The first-order valence-electron chi connectivity index (χ1n) is 9.04. The molecule has 1 aliphatic carbocycles. The van der Waals surface area contributed by atoms with E-state index in [0.717, 1.165) is 22.3 Å². The first-order chi connectivity index (χ1) is 12.9. The van der Waals surface area contributed by atoms with Gasteiger partial charge in [-0.25, -0.2) is 4.98 Å². The highest BCUT2D eigenvalue weighted by Gasteiger charge is 2.35. The first kappa shape index (κ1) is 18.3. The third kappa shape index (κ3) is 4.43. The molecule has 2 aliphatic rings. The van der Waals surface area contributed by atoms with E-state index in [1.54, 1.807) is 4.90 Å². The number of nitrogens with one attached hydrogen (secondary N) is 1. The minimum absolute atomic E-state index is 0.0591. The zero-order valence-electron chi connectivity index (χ0n) is 14.6. The van der Waals surface area contributed by atoms with Crippen LogP contribution in [0.25, 0.3) is 0 Å². The van der Waals surface area contributed by atoms with Gasteiger partial charge < -0.3 is 10.2 Å². The van der Waals surface area contributed by atoms with Crippen LogP contribution in [0, 0.1) is 0 Å². The van der Waals surface area contributed by atoms with Gasteiger partial charge in [-0.1, -0.05) is 24.3 Å². The van der Waals surface area contributed by atoms with Gasteiger partial charge in [0.05, 0.1) is 6.42 Å². The van der Waals surface area contributed by atoms with Crippen LogP contribution in [0.15, 0.2) is 29.6 Å². The van der Waals surface area contributed by atoms with Crippen molar-refractivity contribution in [2.24, 2.45) is 0 Å². The molecule has 2 aromatic rings. The van der Waals surface area contributed by atoms with E-state index in [-0.39, 0.29) is 11.9 Å². The Bertz CT molecular complexity index is 814. The average molecular weight is 395 g/mol. The number of amides is 1. The number of aromatic nitrogens is 1. The van der Waals surface area contributed by atoms with Crippen LogP contribution >= 0.6 is 11.3 Å². The van der Waals surface area contributed by atoms with Crippen LogP contribution in [-0.4, -0.2) is 30.0 Å². The van der Waals surface area contributed by atoms with Crippen molar-refractivity contribution in [2.45, 2.75) is 43.8 Å². The van der Waals surface area contributed by atoms with E-state index in [1.165, 1.54) is 18.4 Å². The Morgan fingerprint density at radius 3 is 2.59 bits per heavy atom. The number of carbonyl (C=O) groups excluding carboxylic acids is 1. The van der Waals surface area contributed by atoms with Gasteiger partial charge in [0, 0.05) is 24.5 Å². The van der Waals surface area contributed by atoms with E-state index in [9.17, 15) is 18.0 Å². The highest BCUT2D eigenvalue weighted by Crippen LogP contribution is 2.40. The Kier molecular flexibility index (Phi) is 4.84.